The van der Waals surface area contributed by atoms with E-state index in [1.807, 2.05) is 0 Å². The van der Waals surface area contributed by atoms with Crippen LogP contribution in [0.2, 0.25) is 0 Å². The second-order valence-electron chi connectivity index (χ2n) is 6.36. The smallest absolute Gasteiger partial charge is 0.326 e. The van der Waals surface area contributed by atoms with Gasteiger partial charge in [-0.25, -0.2) is 4.79 Å². The summed E-state index contributed by atoms with van der Waals surface area (Å²) in [6.45, 7) is 7.05. The molecule has 148 valence electrons. The van der Waals surface area contributed by atoms with E-state index < -0.39 is 29.9 Å². The van der Waals surface area contributed by atoms with E-state index in [4.69, 9.17) is 5.11 Å². The van der Waals surface area contributed by atoms with E-state index in [0.717, 1.165) is 19.3 Å². The van der Waals surface area contributed by atoms with E-state index >= 15 is 0 Å². The molecule has 0 unspecified atom stereocenters. The maximum atomic E-state index is 12.1. The fourth-order valence-electron chi connectivity index (χ4n) is 2.46. The van der Waals surface area contributed by atoms with E-state index in [9.17, 15) is 24.3 Å². The lowest BCUT2D eigenvalue weighted by Crippen LogP contribution is -2.43. The van der Waals surface area contributed by atoms with Crippen molar-refractivity contribution in [1.82, 2.24) is 10.6 Å². The molecule has 26 heavy (non-hydrogen) atoms. The number of hydrogen-bond acceptors (Lipinski definition) is 4. The van der Waals surface area contributed by atoms with Crippen LogP contribution >= 0.6 is 0 Å². The summed E-state index contributed by atoms with van der Waals surface area (Å²) in [5.74, 6) is -3.25. The molecular formula is C18H30N2O6. The van der Waals surface area contributed by atoms with Crippen molar-refractivity contribution in [2.24, 2.45) is 5.92 Å². The molecule has 0 aromatic rings. The van der Waals surface area contributed by atoms with Gasteiger partial charge in [0.1, 0.15) is 12.1 Å². The van der Waals surface area contributed by atoms with Crippen LogP contribution in [0.3, 0.4) is 0 Å². The molecule has 0 bridgehead atoms. The lowest BCUT2D eigenvalue weighted by atomic mass is 9.94. The van der Waals surface area contributed by atoms with Gasteiger partial charge in [0, 0.05) is 12.8 Å². The Balaban J connectivity index is 4.54. The first-order chi connectivity index (χ1) is 12.2. The van der Waals surface area contributed by atoms with Crippen LogP contribution < -0.4 is 10.6 Å². The first-order valence-corrected chi connectivity index (χ1v) is 8.86. The zero-order chi connectivity index (χ0) is 20.1. The van der Waals surface area contributed by atoms with E-state index in [1.54, 1.807) is 6.08 Å². The molecule has 8 nitrogen and oxygen atoms in total. The number of carboxylic acid groups (broad SMARTS) is 2. The van der Waals surface area contributed by atoms with Crippen LogP contribution in [0, 0.1) is 5.92 Å². The number of rotatable bonds is 14. The molecule has 0 heterocycles. The molecule has 3 atom stereocenters. The highest BCUT2D eigenvalue weighted by atomic mass is 16.4. The van der Waals surface area contributed by atoms with Gasteiger partial charge in [-0.15, -0.1) is 6.58 Å². The predicted octanol–water partition coefficient (Wildman–Crippen LogP) is 1.70. The molecule has 0 saturated heterocycles. The summed E-state index contributed by atoms with van der Waals surface area (Å²) in [6, 6.07) is -2.25. The standard InChI is InChI=1S/C18H30N2O6/c1-4-6-8-13(7-5-2)11-16(22)20-14(18(25)26)9-10-15(21)19-12(3)17(23)24/h5,12-14H,2,4,6-11H2,1,3H3,(H,19,21)(H,20,22)(H,23,24)(H,25,26)/t12-,13-,14-/m1/s1. The lowest BCUT2D eigenvalue weighted by Gasteiger charge is -2.18. The molecule has 0 saturated carbocycles. The van der Waals surface area contributed by atoms with Crippen LogP contribution in [0.1, 0.15) is 58.8 Å². The van der Waals surface area contributed by atoms with Gasteiger partial charge in [-0.2, -0.15) is 0 Å². The summed E-state index contributed by atoms with van der Waals surface area (Å²) < 4.78 is 0. The number of carbonyl (C=O) groups is 4. The first-order valence-electron chi connectivity index (χ1n) is 8.86. The van der Waals surface area contributed by atoms with Crippen molar-refractivity contribution in [3.8, 4) is 0 Å². The van der Waals surface area contributed by atoms with E-state index in [1.165, 1.54) is 6.92 Å². The number of nitrogens with one attached hydrogen (secondary N) is 2. The molecule has 8 heteroatoms. The fourth-order valence-corrected chi connectivity index (χ4v) is 2.46. The van der Waals surface area contributed by atoms with Gasteiger partial charge in [0.25, 0.3) is 0 Å². The van der Waals surface area contributed by atoms with Crippen LogP contribution in [0.15, 0.2) is 12.7 Å². The first kappa shape index (κ1) is 23.6. The molecular weight excluding hydrogens is 340 g/mol. The van der Waals surface area contributed by atoms with Crippen molar-refractivity contribution in [3.05, 3.63) is 12.7 Å². The highest BCUT2D eigenvalue weighted by Gasteiger charge is 2.23. The van der Waals surface area contributed by atoms with Gasteiger partial charge in [-0.05, 0) is 32.1 Å². The van der Waals surface area contributed by atoms with Gasteiger partial charge in [-0.3, -0.25) is 14.4 Å². The number of hydrogen-bond donors (Lipinski definition) is 4. The molecule has 2 amide bonds. The Morgan fingerprint density at radius 3 is 2.19 bits per heavy atom. The zero-order valence-electron chi connectivity index (χ0n) is 15.5. The largest absolute Gasteiger partial charge is 0.480 e. The minimum Gasteiger partial charge on any atom is -0.480 e. The molecule has 0 aromatic heterocycles. The maximum Gasteiger partial charge on any atom is 0.326 e. The molecule has 0 rings (SSSR count). The minimum atomic E-state index is -1.23. The van der Waals surface area contributed by atoms with Gasteiger partial charge in [0.15, 0.2) is 0 Å². The number of carbonyl (C=O) groups excluding carboxylic acids is 2. The van der Waals surface area contributed by atoms with E-state index in [2.05, 4.69) is 24.1 Å². The molecule has 4 N–H and O–H groups in total. The topological polar surface area (TPSA) is 133 Å². The SMILES string of the molecule is C=CC[C@H](CCCC)CC(=O)N[C@H](CCC(=O)N[C@H](C)C(=O)O)C(=O)O. The van der Waals surface area contributed by atoms with Gasteiger partial charge < -0.3 is 20.8 Å². The second kappa shape index (κ2) is 12.9. The second-order valence-corrected chi connectivity index (χ2v) is 6.36. The van der Waals surface area contributed by atoms with Crippen LogP contribution in [-0.2, 0) is 19.2 Å². The highest BCUT2D eigenvalue weighted by molar-refractivity contribution is 5.85. The van der Waals surface area contributed by atoms with Crippen molar-refractivity contribution in [3.63, 3.8) is 0 Å². The Kier molecular flexibility index (Phi) is 11.7. The number of allylic oxidation sites excluding steroid dienone is 1. The van der Waals surface area contributed by atoms with E-state index in [0.29, 0.717) is 6.42 Å². The number of unbranched alkanes of at least 4 members (excludes halogenated alkanes) is 1. The van der Waals surface area contributed by atoms with Crippen LogP contribution in [0.5, 0.6) is 0 Å². The zero-order valence-corrected chi connectivity index (χ0v) is 15.5. The van der Waals surface area contributed by atoms with Crippen molar-refractivity contribution in [1.29, 1.82) is 0 Å². The fraction of sp³-hybridized carbons (Fsp3) is 0.667. The third-order valence-corrected chi connectivity index (χ3v) is 3.98. The summed E-state index contributed by atoms with van der Waals surface area (Å²) in [5, 5.41) is 22.6. The Morgan fingerprint density at radius 1 is 1.04 bits per heavy atom. The monoisotopic (exact) mass is 370 g/mol. The average Bonchev–Trinajstić information content (AvgIpc) is 2.56. The number of amides is 2. The highest BCUT2D eigenvalue weighted by Crippen LogP contribution is 2.17. The minimum absolute atomic E-state index is 0.111. The Morgan fingerprint density at radius 2 is 1.69 bits per heavy atom. The Bertz CT molecular complexity index is 506. The lowest BCUT2D eigenvalue weighted by molar-refractivity contribution is -0.143. The molecule has 0 radical (unpaired) electrons. The van der Waals surface area contributed by atoms with Gasteiger partial charge in [0.2, 0.25) is 11.8 Å². The summed E-state index contributed by atoms with van der Waals surface area (Å²) >= 11 is 0. The molecule has 0 aliphatic rings. The Hall–Kier alpha value is -2.38. The summed E-state index contributed by atoms with van der Waals surface area (Å²) in [5.41, 5.74) is 0. The van der Waals surface area contributed by atoms with E-state index in [-0.39, 0.29) is 31.1 Å². The van der Waals surface area contributed by atoms with Crippen molar-refractivity contribution < 1.29 is 29.4 Å². The van der Waals surface area contributed by atoms with Crippen LogP contribution in [0.4, 0.5) is 0 Å². The number of carboxylic acids is 2. The summed E-state index contributed by atoms with van der Waals surface area (Å²) in [4.78, 5) is 45.8. The molecule has 0 aliphatic carbocycles. The Labute approximate surface area is 154 Å². The van der Waals surface area contributed by atoms with Crippen molar-refractivity contribution in [2.75, 3.05) is 0 Å². The summed E-state index contributed by atoms with van der Waals surface area (Å²) in [7, 11) is 0. The molecule has 0 spiro atoms. The third-order valence-electron chi connectivity index (χ3n) is 3.98. The van der Waals surface area contributed by atoms with Gasteiger partial charge >= 0.3 is 11.9 Å². The quantitative estimate of drug-likeness (QED) is 0.344. The van der Waals surface area contributed by atoms with Crippen molar-refractivity contribution in [2.45, 2.75) is 70.9 Å². The van der Waals surface area contributed by atoms with Crippen LogP contribution in [0.25, 0.3) is 0 Å². The number of aliphatic carboxylic acids is 2. The molecule has 0 fully saturated rings. The van der Waals surface area contributed by atoms with Crippen LogP contribution in [-0.4, -0.2) is 46.0 Å². The van der Waals surface area contributed by atoms with Crippen molar-refractivity contribution >= 4 is 23.8 Å². The maximum absolute atomic E-state index is 12.1. The van der Waals surface area contributed by atoms with Gasteiger partial charge in [-0.1, -0.05) is 25.8 Å². The van der Waals surface area contributed by atoms with Gasteiger partial charge in [0.05, 0.1) is 0 Å². The predicted molar refractivity (Wildman–Crippen MR) is 96.5 cm³/mol. The third kappa shape index (κ3) is 10.5. The molecule has 0 aliphatic heterocycles. The summed E-state index contributed by atoms with van der Waals surface area (Å²) in [6.07, 6.45) is 5.19. The molecule has 0 aromatic carbocycles. The normalized spacial score (nSPS) is 13.9. The average molecular weight is 370 g/mol.